The zero-order valence-corrected chi connectivity index (χ0v) is 17.8. The first-order valence-corrected chi connectivity index (χ1v) is 10.1. The number of ether oxygens (including phenoxy) is 2. The summed E-state index contributed by atoms with van der Waals surface area (Å²) in [5, 5.41) is 19.7. The van der Waals surface area contributed by atoms with Crippen LogP contribution in [0.3, 0.4) is 0 Å². The van der Waals surface area contributed by atoms with Gasteiger partial charge in [-0.3, -0.25) is 5.32 Å². The van der Waals surface area contributed by atoms with Crippen LogP contribution in [0.1, 0.15) is 32.0 Å². The van der Waals surface area contributed by atoms with Crippen LogP contribution in [0.4, 0.5) is 16.3 Å². The highest BCUT2D eigenvalue weighted by Crippen LogP contribution is 2.34. The Labute approximate surface area is 180 Å². The van der Waals surface area contributed by atoms with Crippen LogP contribution in [0.25, 0.3) is 5.69 Å². The van der Waals surface area contributed by atoms with Gasteiger partial charge in [-0.1, -0.05) is 32.9 Å². The highest BCUT2D eigenvalue weighted by Gasteiger charge is 2.22. The van der Waals surface area contributed by atoms with E-state index in [1.807, 2.05) is 30.3 Å². The Kier molecular flexibility index (Phi) is 5.56. The third-order valence-electron chi connectivity index (χ3n) is 4.91. The van der Waals surface area contributed by atoms with E-state index in [2.05, 4.69) is 31.4 Å². The van der Waals surface area contributed by atoms with Crippen LogP contribution in [-0.4, -0.2) is 34.3 Å². The Hall–Kier alpha value is -3.52. The molecule has 2 aromatic carbocycles. The molecule has 8 heteroatoms. The van der Waals surface area contributed by atoms with Crippen LogP contribution in [0.15, 0.2) is 48.5 Å². The molecular weight excluding hydrogens is 396 g/mol. The number of aliphatic hydroxyl groups is 1. The average Bonchev–Trinajstić information content (AvgIpc) is 3.35. The van der Waals surface area contributed by atoms with Gasteiger partial charge in [-0.2, -0.15) is 5.10 Å². The minimum Gasteiger partial charge on any atom is -0.454 e. The zero-order chi connectivity index (χ0) is 22.0. The number of urea groups is 1. The van der Waals surface area contributed by atoms with Crippen LogP contribution in [0.2, 0.25) is 0 Å². The average molecular weight is 422 g/mol. The lowest BCUT2D eigenvalue weighted by Crippen LogP contribution is -2.21. The summed E-state index contributed by atoms with van der Waals surface area (Å²) in [6, 6.07) is 14.4. The van der Waals surface area contributed by atoms with Crippen LogP contribution in [0, 0.1) is 0 Å². The first-order chi connectivity index (χ1) is 14.8. The number of hydrogen-bond acceptors (Lipinski definition) is 5. The van der Waals surface area contributed by atoms with E-state index in [1.54, 1.807) is 22.9 Å². The van der Waals surface area contributed by atoms with E-state index in [9.17, 15) is 9.90 Å². The number of fused-ring (bicyclic) bond motifs is 1. The van der Waals surface area contributed by atoms with Crippen LogP contribution >= 0.6 is 0 Å². The molecule has 4 rings (SSSR count). The van der Waals surface area contributed by atoms with Crippen molar-refractivity contribution >= 4 is 17.5 Å². The summed E-state index contributed by atoms with van der Waals surface area (Å²) in [7, 11) is 0. The molecule has 3 aromatic rings. The Balaban J connectivity index is 1.60. The molecule has 0 atom stereocenters. The van der Waals surface area contributed by atoms with Crippen LogP contribution in [-0.2, 0) is 11.8 Å². The van der Waals surface area contributed by atoms with Crippen molar-refractivity contribution in [2.75, 3.05) is 24.0 Å². The number of carbonyl (C=O) groups excluding carboxylic acids is 1. The second-order valence-corrected chi connectivity index (χ2v) is 8.37. The van der Waals surface area contributed by atoms with Gasteiger partial charge in [0.25, 0.3) is 0 Å². The fourth-order valence-electron chi connectivity index (χ4n) is 3.26. The number of hydrogen-bond donors (Lipinski definition) is 3. The van der Waals surface area contributed by atoms with Crippen molar-refractivity contribution in [3.05, 3.63) is 59.8 Å². The van der Waals surface area contributed by atoms with Crippen molar-refractivity contribution in [3.8, 4) is 17.2 Å². The molecule has 0 fully saturated rings. The monoisotopic (exact) mass is 422 g/mol. The van der Waals surface area contributed by atoms with Crippen molar-refractivity contribution < 1.29 is 19.4 Å². The largest absolute Gasteiger partial charge is 0.454 e. The van der Waals surface area contributed by atoms with Gasteiger partial charge < -0.3 is 19.9 Å². The van der Waals surface area contributed by atoms with Gasteiger partial charge in [0.15, 0.2) is 11.5 Å². The van der Waals surface area contributed by atoms with E-state index in [1.165, 1.54) is 0 Å². The summed E-state index contributed by atoms with van der Waals surface area (Å²) in [4.78, 5) is 12.7. The van der Waals surface area contributed by atoms with E-state index in [0.29, 0.717) is 29.4 Å². The number of anilines is 2. The Morgan fingerprint density at radius 3 is 2.68 bits per heavy atom. The fourth-order valence-corrected chi connectivity index (χ4v) is 3.26. The summed E-state index contributed by atoms with van der Waals surface area (Å²) in [6.45, 7) is 6.45. The quantitative estimate of drug-likeness (QED) is 0.576. The van der Waals surface area contributed by atoms with Gasteiger partial charge in [-0.15, -0.1) is 0 Å². The topological polar surface area (TPSA) is 97.6 Å². The number of rotatable bonds is 5. The molecule has 162 valence electrons. The molecule has 3 N–H and O–H groups in total. The lowest BCUT2D eigenvalue weighted by Gasteiger charge is -2.14. The molecule has 2 heterocycles. The second-order valence-electron chi connectivity index (χ2n) is 8.37. The third kappa shape index (κ3) is 4.64. The first-order valence-electron chi connectivity index (χ1n) is 10.1. The molecule has 0 radical (unpaired) electrons. The number of aliphatic hydroxyl groups excluding tert-OH is 1. The Morgan fingerprint density at radius 1 is 1.10 bits per heavy atom. The maximum absolute atomic E-state index is 12.7. The van der Waals surface area contributed by atoms with Crippen molar-refractivity contribution in [2.24, 2.45) is 0 Å². The molecule has 1 aromatic heterocycles. The van der Waals surface area contributed by atoms with Crippen LogP contribution in [0.5, 0.6) is 11.5 Å². The third-order valence-corrected chi connectivity index (χ3v) is 4.91. The van der Waals surface area contributed by atoms with Crippen molar-refractivity contribution in [2.45, 2.75) is 32.6 Å². The van der Waals surface area contributed by atoms with E-state index in [4.69, 9.17) is 14.6 Å². The van der Waals surface area contributed by atoms with Gasteiger partial charge in [-0.25, -0.2) is 9.48 Å². The summed E-state index contributed by atoms with van der Waals surface area (Å²) >= 11 is 0. The van der Waals surface area contributed by atoms with Crippen molar-refractivity contribution in [1.82, 2.24) is 9.78 Å². The number of carbonyl (C=O) groups is 1. The van der Waals surface area contributed by atoms with Crippen molar-refractivity contribution in [3.63, 3.8) is 0 Å². The van der Waals surface area contributed by atoms with E-state index in [-0.39, 0.29) is 18.8 Å². The van der Waals surface area contributed by atoms with Gasteiger partial charge in [0.2, 0.25) is 6.79 Å². The lowest BCUT2D eigenvalue weighted by molar-refractivity contribution is 0.174. The minimum atomic E-state index is -0.396. The maximum atomic E-state index is 12.7. The predicted molar refractivity (Wildman–Crippen MR) is 118 cm³/mol. The molecule has 0 saturated carbocycles. The molecule has 31 heavy (non-hydrogen) atoms. The minimum absolute atomic E-state index is 0.0683. The zero-order valence-electron chi connectivity index (χ0n) is 17.8. The molecule has 0 spiro atoms. The molecule has 1 aliphatic heterocycles. The summed E-state index contributed by atoms with van der Waals surface area (Å²) < 4.78 is 12.4. The number of benzene rings is 2. The van der Waals surface area contributed by atoms with Gasteiger partial charge in [0, 0.05) is 29.8 Å². The molecule has 2 amide bonds. The number of aromatic nitrogens is 2. The predicted octanol–water partition coefficient (Wildman–Crippen LogP) is 4.08. The number of nitrogens with one attached hydrogen (secondary N) is 2. The van der Waals surface area contributed by atoms with Crippen molar-refractivity contribution in [1.29, 1.82) is 0 Å². The SMILES string of the molecule is CC(C)(C)c1cc(NC(=O)Nc2ccc3c(c2)OCO3)n(-c2cccc(CCO)c2)n1. The Bertz CT molecular complexity index is 1100. The van der Waals surface area contributed by atoms with E-state index < -0.39 is 6.03 Å². The lowest BCUT2D eigenvalue weighted by atomic mass is 9.92. The normalized spacial score (nSPS) is 12.6. The van der Waals surface area contributed by atoms with E-state index in [0.717, 1.165) is 16.9 Å². The highest BCUT2D eigenvalue weighted by atomic mass is 16.7. The van der Waals surface area contributed by atoms with Gasteiger partial charge in [-0.05, 0) is 36.2 Å². The number of amides is 2. The molecular formula is C23H26N4O4. The molecule has 0 bridgehead atoms. The second kappa shape index (κ2) is 8.31. The smallest absolute Gasteiger partial charge is 0.324 e. The summed E-state index contributed by atoms with van der Waals surface area (Å²) in [6.07, 6.45) is 0.550. The summed E-state index contributed by atoms with van der Waals surface area (Å²) in [5.74, 6) is 1.80. The summed E-state index contributed by atoms with van der Waals surface area (Å²) in [5.41, 5.74) is 3.04. The van der Waals surface area contributed by atoms with Gasteiger partial charge in [0.05, 0.1) is 11.4 Å². The fraction of sp³-hybridized carbons (Fsp3) is 0.304. The highest BCUT2D eigenvalue weighted by molar-refractivity contribution is 5.99. The standard InChI is InChI=1S/C23H26N4O4/c1-23(2,3)20-13-21(27(26-20)17-6-4-5-15(11-17)9-10-28)25-22(29)24-16-7-8-18-19(12-16)31-14-30-18/h4-8,11-13,28H,9-10,14H2,1-3H3,(H2,24,25,29). The molecule has 0 unspecified atom stereocenters. The first kappa shape index (κ1) is 20.7. The Morgan fingerprint density at radius 2 is 1.90 bits per heavy atom. The van der Waals surface area contributed by atoms with Crippen LogP contribution < -0.4 is 20.1 Å². The van der Waals surface area contributed by atoms with E-state index >= 15 is 0 Å². The number of nitrogens with zero attached hydrogens (tertiary/aromatic N) is 2. The molecule has 1 aliphatic rings. The molecule has 8 nitrogen and oxygen atoms in total. The van der Waals surface area contributed by atoms with Gasteiger partial charge in [0.1, 0.15) is 5.82 Å². The molecule has 0 saturated heterocycles. The molecule has 0 aliphatic carbocycles. The maximum Gasteiger partial charge on any atom is 0.324 e. The van der Waals surface area contributed by atoms with Gasteiger partial charge >= 0.3 is 6.03 Å².